The first-order valence-corrected chi connectivity index (χ1v) is 6.41. The van der Waals surface area contributed by atoms with Gasteiger partial charge in [0.15, 0.2) is 0 Å². The van der Waals surface area contributed by atoms with Gasteiger partial charge in [0.1, 0.15) is 6.04 Å². The Hall–Kier alpha value is -1.88. The van der Waals surface area contributed by atoms with E-state index in [1.807, 2.05) is 29.6 Å². The Labute approximate surface area is 108 Å². The fourth-order valence-corrected chi connectivity index (χ4v) is 2.73. The summed E-state index contributed by atoms with van der Waals surface area (Å²) in [6.45, 7) is 1.32. The average Bonchev–Trinajstić information content (AvgIpc) is 2.76. The molecule has 1 aromatic heterocycles. The third kappa shape index (κ3) is 2.68. The highest BCUT2D eigenvalue weighted by molar-refractivity contribution is 7.17. The van der Waals surface area contributed by atoms with Crippen molar-refractivity contribution in [3.05, 3.63) is 35.2 Å². The minimum Gasteiger partial charge on any atom is -0.480 e. The molecule has 0 aliphatic rings. The maximum absolute atomic E-state index is 11.1. The lowest BCUT2D eigenvalue weighted by molar-refractivity contribution is -0.141. The number of rotatable bonds is 4. The Morgan fingerprint density at radius 1 is 1.39 bits per heavy atom. The Morgan fingerprint density at radius 3 is 2.83 bits per heavy atom. The zero-order chi connectivity index (χ0) is 13.1. The van der Waals surface area contributed by atoms with E-state index in [1.54, 1.807) is 11.3 Å². The Bertz CT molecular complexity index is 591. The molecule has 94 valence electrons. The van der Waals surface area contributed by atoms with E-state index in [2.05, 4.69) is 5.32 Å². The minimum atomic E-state index is -1.02. The van der Waals surface area contributed by atoms with Crippen LogP contribution in [-0.2, 0) is 16.0 Å². The van der Waals surface area contributed by atoms with Gasteiger partial charge in [0, 0.05) is 18.0 Å². The first-order valence-electron chi connectivity index (χ1n) is 5.53. The van der Waals surface area contributed by atoms with Crippen LogP contribution in [0.1, 0.15) is 12.5 Å². The second kappa shape index (κ2) is 5.18. The molecule has 1 heterocycles. The topological polar surface area (TPSA) is 66.4 Å². The van der Waals surface area contributed by atoms with Crippen LogP contribution in [0.25, 0.3) is 10.1 Å². The molecule has 0 aliphatic heterocycles. The quantitative estimate of drug-likeness (QED) is 0.887. The molecular formula is C13H13NO3S. The largest absolute Gasteiger partial charge is 0.480 e. The smallest absolute Gasteiger partial charge is 0.326 e. The summed E-state index contributed by atoms with van der Waals surface area (Å²) in [5.74, 6) is -1.35. The maximum Gasteiger partial charge on any atom is 0.326 e. The number of carboxylic acid groups (broad SMARTS) is 1. The average molecular weight is 263 g/mol. The van der Waals surface area contributed by atoms with Crippen molar-refractivity contribution in [2.24, 2.45) is 0 Å². The van der Waals surface area contributed by atoms with E-state index < -0.39 is 12.0 Å². The predicted molar refractivity (Wildman–Crippen MR) is 70.8 cm³/mol. The lowest BCUT2D eigenvalue weighted by Gasteiger charge is -2.13. The molecule has 1 amide bonds. The van der Waals surface area contributed by atoms with E-state index >= 15 is 0 Å². The van der Waals surface area contributed by atoms with E-state index in [4.69, 9.17) is 5.11 Å². The SMILES string of the molecule is CC(=O)NC(Cc1cccc2sccc12)C(=O)O. The summed E-state index contributed by atoms with van der Waals surface area (Å²) in [5, 5.41) is 14.6. The Morgan fingerprint density at radius 2 is 2.17 bits per heavy atom. The van der Waals surface area contributed by atoms with E-state index in [0.29, 0.717) is 6.42 Å². The molecule has 2 aromatic rings. The molecule has 0 bridgehead atoms. The second-order valence-corrected chi connectivity index (χ2v) is 4.99. The third-order valence-corrected chi connectivity index (χ3v) is 3.57. The Kier molecular flexibility index (Phi) is 3.62. The number of hydrogen-bond donors (Lipinski definition) is 2. The fourth-order valence-electron chi connectivity index (χ4n) is 1.90. The summed E-state index contributed by atoms with van der Waals surface area (Å²) < 4.78 is 1.12. The maximum atomic E-state index is 11.1. The van der Waals surface area contributed by atoms with Crippen molar-refractivity contribution in [3.63, 3.8) is 0 Å². The number of aliphatic carboxylic acids is 1. The molecule has 0 saturated carbocycles. The summed E-state index contributed by atoms with van der Waals surface area (Å²) in [6, 6.07) is 6.89. The Balaban J connectivity index is 2.28. The van der Waals surface area contributed by atoms with Crippen LogP contribution in [0, 0.1) is 0 Å². The van der Waals surface area contributed by atoms with Crippen molar-refractivity contribution in [1.82, 2.24) is 5.32 Å². The molecule has 0 saturated heterocycles. The van der Waals surface area contributed by atoms with Gasteiger partial charge in [-0.2, -0.15) is 0 Å². The number of benzene rings is 1. The standard InChI is InChI=1S/C13H13NO3S/c1-8(15)14-11(13(16)17)7-9-3-2-4-12-10(9)5-6-18-12/h2-6,11H,7H2,1H3,(H,14,15)(H,16,17). The van der Waals surface area contributed by atoms with Crippen LogP contribution in [0.5, 0.6) is 0 Å². The van der Waals surface area contributed by atoms with Gasteiger partial charge in [-0.3, -0.25) is 4.79 Å². The second-order valence-electron chi connectivity index (χ2n) is 4.05. The first-order chi connectivity index (χ1) is 8.58. The lowest BCUT2D eigenvalue weighted by atomic mass is 10.0. The summed E-state index contributed by atoms with van der Waals surface area (Å²) in [6.07, 6.45) is 0.295. The number of hydrogen-bond acceptors (Lipinski definition) is 3. The van der Waals surface area contributed by atoms with Gasteiger partial charge in [0.05, 0.1) is 0 Å². The number of carbonyl (C=O) groups is 2. The molecule has 1 atom stereocenters. The highest BCUT2D eigenvalue weighted by atomic mass is 32.1. The van der Waals surface area contributed by atoms with Crippen LogP contribution in [0.15, 0.2) is 29.6 Å². The summed E-state index contributed by atoms with van der Waals surface area (Å²) in [5.41, 5.74) is 0.940. The van der Waals surface area contributed by atoms with Crippen molar-refractivity contribution in [3.8, 4) is 0 Å². The lowest BCUT2D eigenvalue weighted by Crippen LogP contribution is -2.41. The van der Waals surface area contributed by atoms with Crippen molar-refractivity contribution in [1.29, 1.82) is 0 Å². The van der Waals surface area contributed by atoms with Gasteiger partial charge < -0.3 is 10.4 Å². The molecule has 0 fully saturated rings. The number of carboxylic acids is 1. The van der Waals surface area contributed by atoms with E-state index in [1.165, 1.54) is 6.92 Å². The van der Waals surface area contributed by atoms with E-state index in [0.717, 1.165) is 15.6 Å². The van der Waals surface area contributed by atoms with Crippen molar-refractivity contribution in [2.45, 2.75) is 19.4 Å². The highest BCUT2D eigenvalue weighted by Gasteiger charge is 2.19. The number of fused-ring (bicyclic) bond motifs is 1. The van der Waals surface area contributed by atoms with Crippen LogP contribution in [0.4, 0.5) is 0 Å². The summed E-state index contributed by atoms with van der Waals surface area (Å²) >= 11 is 1.62. The van der Waals surface area contributed by atoms with Gasteiger partial charge in [0.25, 0.3) is 0 Å². The first kappa shape index (κ1) is 12.6. The third-order valence-electron chi connectivity index (χ3n) is 2.69. The zero-order valence-corrected chi connectivity index (χ0v) is 10.7. The molecule has 2 N–H and O–H groups in total. The van der Waals surface area contributed by atoms with Crippen LogP contribution in [0.2, 0.25) is 0 Å². The highest BCUT2D eigenvalue weighted by Crippen LogP contribution is 2.25. The molecule has 0 radical (unpaired) electrons. The van der Waals surface area contributed by atoms with Gasteiger partial charge in [-0.25, -0.2) is 4.79 Å². The normalized spacial score (nSPS) is 12.3. The van der Waals surface area contributed by atoms with Gasteiger partial charge in [0.2, 0.25) is 5.91 Å². The molecule has 0 aliphatic carbocycles. The van der Waals surface area contributed by atoms with Crippen molar-refractivity contribution < 1.29 is 14.7 Å². The molecular weight excluding hydrogens is 250 g/mol. The van der Waals surface area contributed by atoms with Gasteiger partial charge in [-0.15, -0.1) is 11.3 Å². The number of carbonyl (C=O) groups excluding carboxylic acids is 1. The van der Waals surface area contributed by atoms with Crippen molar-refractivity contribution in [2.75, 3.05) is 0 Å². The van der Waals surface area contributed by atoms with Crippen molar-refractivity contribution >= 4 is 33.3 Å². The number of nitrogens with one attached hydrogen (secondary N) is 1. The number of amides is 1. The van der Waals surface area contributed by atoms with Gasteiger partial charge in [-0.1, -0.05) is 12.1 Å². The summed E-state index contributed by atoms with van der Waals surface area (Å²) in [7, 11) is 0. The molecule has 0 spiro atoms. The monoisotopic (exact) mass is 263 g/mol. The molecule has 18 heavy (non-hydrogen) atoms. The van der Waals surface area contributed by atoms with Crippen LogP contribution in [0.3, 0.4) is 0 Å². The molecule has 1 aromatic carbocycles. The molecule has 2 rings (SSSR count). The summed E-state index contributed by atoms with van der Waals surface area (Å²) in [4.78, 5) is 22.1. The van der Waals surface area contributed by atoms with Crippen LogP contribution >= 0.6 is 11.3 Å². The van der Waals surface area contributed by atoms with Crippen LogP contribution in [-0.4, -0.2) is 23.0 Å². The molecule has 4 nitrogen and oxygen atoms in total. The molecule has 5 heteroatoms. The van der Waals surface area contributed by atoms with Gasteiger partial charge in [-0.05, 0) is 28.5 Å². The van der Waals surface area contributed by atoms with E-state index in [9.17, 15) is 9.59 Å². The fraction of sp³-hybridized carbons (Fsp3) is 0.231. The minimum absolute atomic E-state index is 0.295. The zero-order valence-electron chi connectivity index (χ0n) is 9.84. The van der Waals surface area contributed by atoms with E-state index in [-0.39, 0.29) is 5.91 Å². The number of thiophene rings is 1. The van der Waals surface area contributed by atoms with Gasteiger partial charge >= 0.3 is 5.97 Å². The van der Waals surface area contributed by atoms with Crippen LogP contribution < -0.4 is 5.32 Å². The predicted octanol–water partition coefficient (Wildman–Crippen LogP) is 2.03. The molecule has 1 unspecified atom stereocenters.